The molecule has 0 aliphatic carbocycles. The van der Waals surface area contributed by atoms with E-state index in [-0.39, 0.29) is 11.6 Å². The van der Waals surface area contributed by atoms with Gasteiger partial charge in [-0.05, 0) is 73.6 Å². The Bertz CT molecular complexity index is 355. The summed E-state index contributed by atoms with van der Waals surface area (Å²) in [5, 5.41) is 0. The largest absolute Gasteiger partial charge is 0.326 e. The van der Waals surface area contributed by atoms with Crippen molar-refractivity contribution in [3.8, 4) is 0 Å². The van der Waals surface area contributed by atoms with Gasteiger partial charge >= 0.3 is 0 Å². The lowest BCUT2D eigenvalue weighted by Crippen LogP contribution is -2.57. The molecule has 0 aliphatic rings. The molecule has 18 heavy (non-hydrogen) atoms. The zero-order valence-corrected chi connectivity index (χ0v) is 14.1. The van der Waals surface area contributed by atoms with Gasteiger partial charge in [0, 0.05) is 15.2 Å². The first-order valence-corrected chi connectivity index (χ1v) is 7.71. The number of hydrogen-bond acceptors (Lipinski definition) is 2. The monoisotopic (exact) mass is 360 g/mol. The van der Waals surface area contributed by atoms with E-state index in [1.54, 1.807) is 0 Å². The maximum Gasteiger partial charge on any atom is 0.0352 e. The minimum absolute atomic E-state index is 0.100. The second-order valence-electron chi connectivity index (χ2n) is 5.14. The van der Waals surface area contributed by atoms with Crippen LogP contribution in [0.5, 0.6) is 0 Å². The van der Waals surface area contributed by atoms with Crippen LogP contribution in [0.1, 0.15) is 32.3 Å². The highest BCUT2D eigenvalue weighted by molar-refractivity contribution is 14.1. The van der Waals surface area contributed by atoms with Crippen LogP contribution >= 0.6 is 22.6 Å². The van der Waals surface area contributed by atoms with Gasteiger partial charge in [0.25, 0.3) is 0 Å². The number of hydrogen-bond donors (Lipinski definition) is 1. The Kier molecular flexibility index (Phi) is 6.08. The Morgan fingerprint density at radius 1 is 1.17 bits per heavy atom. The second-order valence-corrected chi connectivity index (χ2v) is 6.39. The van der Waals surface area contributed by atoms with Gasteiger partial charge in [0.15, 0.2) is 0 Å². The fraction of sp³-hybridized carbons (Fsp3) is 0.600. The van der Waals surface area contributed by atoms with E-state index >= 15 is 0 Å². The van der Waals surface area contributed by atoms with Gasteiger partial charge < -0.3 is 10.6 Å². The van der Waals surface area contributed by atoms with Crippen molar-refractivity contribution in [1.29, 1.82) is 0 Å². The third kappa shape index (κ3) is 3.45. The average molecular weight is 360 g/mol. The van der Waals surface area contributed by atoms with Crippen LogP contribution in [-0.4, -0.2) is 30.6 Å². The number of likely N-dealkylation sites (N-methyl/N-ethyl adjacent to an activating group) is 1. The number of nitrogens with two attached hydrogens (primary N) is 1. The molecular formula is C15H25IN2. The number of nitrogens with zero attached hydrogens (tertiary/aromatic N) is 1. The molecule has 2 N–H and O–H groups in total. The van der Waals surface area contributed by atoms with Crippen LogP contribution in [0.2, 0.25) is 0 Å². The fourth-order valence-corrected chi connectivity index (χ4v) is 3.16. The van der Waals surface area contributed by atoms with Crippen molar-refractivity contribution >= 4 is 22.6 Å². The lowest BCUT2D eigenvalue weighted by atomic mass is 9.81. The predicted octanol–water partition coefficient (Wildman–Crippen LogP) is 3.28. The maximum absolute atomic E-state index is 6.50. The number of halogens is 1. The molecule has 1 rings (SSSR count). The zero-order chi connectivity index (χ0) is 13.8. The molecule has 0 aromatic heterocycles. The van der Waals surface area contributed by atoms with Crippen molar-refractivity contribution in [3.63, 3.8) is 0 Å². The van der Waals surface area contributed by atoms with Crippen molar-refractivity contribution in [2.45, 2.75) is 44.7 Å². The van der Waals surface area contributed by atoms with Crippen LogP contribution in [0.4, 0.5) is 0 Å². The quantitative estimate of drug-likeness (QED) is 0.789. The molecule has 0 aliphatic heterocycles. The highest BCUT2D eigenvalue weighted by atomic mass is 127. The fourth-order valence-electron chi connectivity index (χ4n) is 2.80. The van der Waals surface area contributed by atoms with E-state index in [2.05, 4.69) is 79.7 Å². The molecule has 0 heterocycles. The van der Waals surface area contributed by atoms with Crippen molar-refractivity contribution in [2.75, 3.05) is 14.1 Å². The predicted molar refractivity (Wildman–Crippen MR) is 87.8 cm³/mol. The summed E-state index contributed by atoms with van der Waals surface area (Å²) in [5.41, 5.74) is 7.93. The molecule has 0 radical (unpaired) electrons. The molecule has 1 unspecified atom stereocenters. The molecule has 0 saturated heterocycles. The Labute approximate surface area is 125 Å². The first kappa shape index (κ1) is 15.9. The van der Waals surface area contributed by atoms with Crippen LogP contribution in [0.15, 0.2) is 24.3 Å². The maximum atomic E-state index is 6.50. The third-order valence-electron chi connectivity index (χ3n) is 4.17. The van der Waals surface area contributed by atoms with Gasteiger partial charge in [-0.25, -0.2) is 0 Å². The SMILES string of the molecule is CCC(CC)(C(N)Cc1ccc(I)cc1)N(C)C. The smallest absolute Gasteiger partial charge is 0.0352 e. The van der Waals surface area contributed by atoms with Crippen LogP contribution < -0.4 is 5.73 Å². The van der Waals surface area contributed by atoms with Gasteiger partial charge in [-0.2, -0.15) is 0 Å². The van der Waals surface area contributed by atoms with Gasteiger partial charge in [0.2, 0.25) is 0 Å². The Morgan fingerprint density at radius 3 is 2.06 bits per heavy atom. The molecule has 0 fully saturated rings. The summed E-state index contributed by atoms with van der Waals surface area (Å²) in [6, 6.07) is 8.85. The topological polar surface area (TPSA) is 29.3 Å². The summed E-state index contributed by atoms with van der Waals surface area (Å²) in [5.74, 6) is 0. The minimum Gasteiger partial charge on any atom is -0.326 e. The molecule has 1 aromatic rings. The molecular weight excluding hydrogens is 335 g/mol. The molecule has 0 bridgehead atoms. The summed E-state index contributed by atoms with van der Waals surface area (Å²) < 4.78 is 1.27. The molecule has 1 aromatic carbocycles. The zero-order valence-electron chi connectivity index (χ0n) is 11.9. The minimum atomic E-state index is 0.100. The molecule has 2 nitrogen and oxygen atoms in total. The summed E-state index contributed by atoms with van der Waals surface area (Å²) in [4.78, 5) is 2.30. The van der Waals surface area contributed by atoms with Gasteiger partial charge in [-0.1, -0.05) is 26.0 Å². The van der Waals surface area contributed by atoms with E-state index in [0.29, 0.717) is 0 Å². The molecule has 102 valence electrons. The van der Waals surface area contributed by atoms with Crippen molar-refractivity contribution in [1.82, 2.24) is 4.90 Å². The Morgan fingerprint density at radius 2 is 1.67 bits per heavy atom. The molecule has 1 atom stereocenters. The van der Waals surface area contributed by atoms with Gasteiger partial charge in [-0.3, -0.25) is 0 Å². The van der Waals surface area contributed by atoms with Gasteiger partial charge in [0.1, 0.15) is 0 Å². The molecule has 0 spiro atoms. The van der Waals surface area contributed by atoms with E-state index < -0.39 is 0 Å². The molecule has 0 saturated carbocycles. The van der Waals surface area contributed by atoms with Crippen LogP contribution in [-0.2, 0) is 6.42 Å². The van der Waals surface area contributed by atoms with E-state index in [4.69, 9.17) is 5.73 Å². The first-order chi connectivity index (χ1) is 8.46. The summed E-state index contributed by atoms with van der Waals surface area (Å²) in [7, 11) is 4.28. The van der Waals surface area contributed by atoms with Crippen molar-refractivity contribution in [3.05, 3.63) is 33.4 Å². The van der Waals surface area contributed by atoms with Gasteiger partial charge in [0.05, 0.1) is 0 Å². The van der Waals surface area contributed by atoms with E-state index in [9.17, 15) is 0 Å². The summed E-state index contributed by atoms with van der Waals surface area (Å²) >= 11 is 2.33. The molecule has 3 heteroatoms. The highest BCUT2D eigenvalue weighted by Crippen LogP contribution is 2.26. The Hall–Kier alpha value is -0.130. The Balaban J connectivity index is 2.85. The second kappa shape index (κ2) is 6.87. The average Bonchev–Trinajstić information content (AvgIpc) is 2.34. The normalized spacial score (nSPS) is 13.9. The lowest BCUT2D eigenvalue weighted by Gasteiger charge is -2.43. The van der Waals surface area contributed by atoms with Crippen molar-refractivity contribution < 1.29 is 0 Å². The van der Waals surface area contributed by atoms with E-state index in [0.717, 1.165) is 19.3 Å². The molecule has 0 amide bonds. The van der Waals surface area contributed by atoms with Crippen LogP contribution in [0.25, 0.3) is 0 Å². The third-order valence-corrected chi connectivity index (χ3v) is 4.89. The van der Waals surface area contributed by atoms with Crippen molar-refractivity contribution in [2.24, 2.45) is 5.73 Å². The first-order valence-electron chi connectivity index (χ1n) is 6.63. The standard InChI is InChI=1S/C15H25IN2/c1-5-15(6-2,18(3)4)14(17)11-12-7-9-13(16)10-8-12/h7-10,14H,5-6,11,17H2,1-4H3. The van der Waals surface area contributed by atoms with Crippen LogP contribution in [0, 0.1) is 3.57 Å². The van der Waals surface area contributed by atoms with E-state index in [1.165, 1.54) is 9.13 Å². The summed E-state index contributed by atoms with van der Waals surface area (Å²) in [6.45, 7) is 4.47. The van der Waals surface area contributed by atoms with Crippen LogP contribution in [0.3, 0.4) is 0 Å². The number of rotatable bonds is 6. The van der Waals surface area contributed by atoms with Gasteiger partial charge in [-0.15, -0.1) is 0 Å². The van der Waals surface area contributed by atoms with E-state index in [1.807, 2.05) is 0 Å². The summed E-state index contributed by atoms with van der Waals surface area (Å²) in [6.07, 6.45) is 3.11. The number of benzene rings is 1. The lowest BCUT2D eigenvalue weighted by molar-refractivity contribution is 0.105. The highest BCUT2D eigenvalue weighted by Gasteiger charge is 2.35.